The molecular weight excluding hydrogens is 372 g/mol. The van der Waals surface area contributed by atoms with Gasteiger partial charge in [-0.3, -0.25) is 9.52 Å². The van der Waals surface area contributed by atoms with Crippen molar-refractivity contribution < 1.29 is 13.2 Å². The molecule has 0 aliphatic heterocycles. The minimum Gasteiger partial charge on any atom is -0.353 e. The lowest BCUT2D eigenvalue weighted by Crippen LogP contribution is -2.39. The van der Waals surface area contributed by atoms with Gasteiger partial charge in [-0.25, -0.2) is 8.42 Å². The lowest BCUT2D eigenvalue weighted by atomic mass is 9.94. The number of benzene rings is 2. The highest BCUT2D eigenvalue weighted by Crippen LogP contribution is 2.48. The molecule has 0 radical (unpaired) electrons. The van der Waals surface area contributed by atoms with E-state index in [1.807, 2.05) is 39.8 Å². The number of aryl methyl sites for hydroxylation is 2. The number of carbonyl (C=O) groups excluding carboxylic acids is 1. The molecule has 2 aromatic rings. The monoisotopic (exact) mass is 400 g/mol. The van der Waals surface area contributed by atoms with Gasteiger partial charge in [0.15, 0.2) is 0 Å². The molecule has 0 spiro atoms. The van der Waals surface area contributed by atoms with Crippen LogP contribution in [0, 0.1) is 13.8 Å². The zero-order chi connectivity index (χ0) is 20.5. The second-order valence-electron chi connectivity index (χ2n) is 7.79. The summed E-state index contributed by atoms with van der Waals surface area (Å²) in [7, 11) is -3.65. The van der Waals surface area contributed by atoms with Crippen LogP contribution in [0.1, 0.15) is 49.8 Å². The van der Waals surface area contributed by atoms with E-state index in [0.29, 0.717) is 5.69 Å². The normalized spacial score (nSPS) is 16.3. The Morgan fingerprint density at radius 2 is 1.71 bits per heavy atom. The summed E-state index contributed by atoms with van der Waals surface area (Å²) >= 11 is 0. The molecule has 0 saturated heterocycles. The number of hydrogen-bond donors (Lipinski definition) is 2. The molecule has 5 nitrogen and oxygen atoms in total. The molecule has 3 rings (SSSR count). The number of amides is 1. The van der Waals surface area contributed by atoms with Gasteiger partial charge in [-0.2, -0.15) is 0 Å². The number of nitrogens with one attached hydrogen (secondary N) is 2. The maximum atomic E-state index is 12.6. The maximum absolute atomic E-state index is 12.6. The van der Waals surface area contributed by atoms with Crippen LogP contribution in [0.5, 0.6) is 0 Å². The molecule has 1 aliphatic rings. The summed E-state index contributed by atoms with van der Waals surface area (Å²) < 4.78 is 27.9. The molecular formula is C22H28N2O3S. The molecule has 150 valence electrons. The van der Waals surface area contributed by atoms with Gasteiger partial charge in [0.05, 0.1) is 10.3 Å². The Balaban J connectivity index is 1.76. The quantitative estimate of drug-likeness (QED) is 0.736. The van der Waals surface area contributed by atoms with Crippen LogP contribution in [0.2, 0.25) is 0 Å². The highest BCUT2D eigenvalue weighted by Gasteiger charge is 2.51. The van der Waals surface area contributed by atoms with Gasteiger partial charge in [-0.05, 0) is 81.0 Å². The molecule has 2 N–H and O–H groups in total. The Hall–Kier alpha value is -2.34. The third kappa shape index (κ3) is 4.07. The summed E-state index contributed by atoms with van der Waals surface area (Å²) in [5.74, 6) is 0.0605. The summed E-state index contributed by atoms with van der Waals surface area (Å²) in [6, 6.07) is 12.4. The SMILES string of the molecule is CC[C@H](C)NC(=O)C1(c2ccc(NS(=O)(=O)c3ccc(C)c(C)c3)cc2)CC1. The van der Waals surface area contributed by atoms with Crippen LogP contribution in [0.4, 0.5) is 5.69 Å². The van der Waals surface area contributed by atoms with E-state index in [4.69, 9.17) is 0 Å². The van der Waals surface area contributed by atoms with Gasteiger partial charge in [0.25, 0.3) is 10.0 Å². The molecule has 1 fully saturated rings. The Bertz CT molecular complexity index is 977. The average molecular weight is 401 g/mol. The number of anilines is 1. The highest BCUT2D eigenvalue weighted by atomic mass is 32.2. The van der Waals surface area contributed by atoms with Crippen LogP contribution >= 0.6 is 0 Å². The lowest BCUT2D eigenvalue weighted by Gasteiger charge is -2.19. The fraction of sp³-hybridized carbons (Fsp3) is 0.409. The van der Waals surface area contributed by atoms with Gasteiger partial charge in [0.1, 0.15) is 0 Å². The molecule has 2 aromatic carbocycles. The van der Waals surface area contributed by atoms with E-state index in [1.165, 1.54) is 0 Å². The number of rotatable bonds is 7. The van der Waals surface area contributed by atoms with E-state index in [2.05, 4.69) is 10.0 Å². The van der Waals surface area contributed by atoms with Crippen molar-refractivity contribution in [1.82, 2.24) is 5.32 Å². The zero-order valence-electron chi connectivity index (χ0n) is 16.9. The standard InChI is InChI=1S/C22H28N2O3S/c1-5-17(4)23-21(25)22(12-13-22)18-7-9-19(10-8-18)24-28(26,27)20-11-6-15(2)16(3)14-20/h6-11,14,17,24H,5,12-13H2,1-4H3,(H,23,25)/t17-/m0/s1. The van der Waals surface area contributed by atoms with Crippen LogP contribution in [-0.4, -0.2) is 20.4 Å². The largest absolute Gasteiger partial charge is 0.353 e. The average Bonchev–Trinajstić information content (AvgIpc) is 3.46. The number of sulfonamides is 1. The van der Waals surface area contributed by atoms with E-state index in [0.717, 1.165) is 36.0 Å². The van der Waals surface area contributed by atoms with E-state index < -0.39 is 15.4 Å². The van der Waals surface area contributed by atoms with Gasteiger partial charge in [0, 0.05) is 11.7 Å². The topological polar surface area (TPSA) is 75.3 Å². The fourth-order valence-corrected chi connectivity index (χ4v) is 4.33. The zero-order valence-corrected chi connectivity index (χ0v) is 17.7. The minimum atomic E-state index is -3.65. The van der Waals surface area contributed by atoms with Crippen molar-refractivity contribution in [3.63, 3.8) is 0 Å². The summed E-state index contributed by atoms with van der Waals surface area (Å²) in [4.78, 5) is 12.9. The summed E-state index contributed by atoms with van der Waals surface area (Å²) in [5.41, 5.74) is 2.94. The smallest absolute Gasteiger partial charge is 0.261 e. The fourth-order valence-electron chi connectivity index (χ4n) is 3.19. The van der Waals surface area contributed by atoms with Crippen molar-refractivity contribution in [2.24, 2.45) is 0 Å². The van der Waals surface area contributed by atoms with E-state index >= 15 is 0 Å². The van der Waals surface area contributed by atoms with Gasteiger partial charge in [0.2, 0.25) is 5.91 Å². The second-order valence-corrected chi connectivity index (χ2v) is 9.48. The lowest BCUT2D eigenvalue weighted by molar-refractivity contribution is -0.124. The van der Waals surface area contributed by atoms with E-state index in [-0.39, 0.29) is 16.8 Å². The molecule has 1 atom stereocenters. The van der Waals surface area contributed by atoms with Crippen molar-refractivity contribution in [2.45, 2.75) is 63.3 Å². The van der Waals surface area contributed by atoms with Crippen molar-refractivity contribution in [2.75, 3.05) is 4.72 Å². The Labute approximate surface area is 167 Å². The first-order chi connectivity index (χ1) is 13.2. The van der Waals surface area contributed by atoms with Crippen LogP contribution in [0.25, 0.3) is 0 Å². The molecule has 1 aliphatic carbocycles. The Kier molecular flexibility index (Phi) is 5.53. The first kappa shape index (κ1) is 20.4. The molecule has 0 aromatic heterocycles. The minimum absolute atomic E-state index is 0.0605. The number of hydrogen-bond acceptors (Lipinski definition) is 3. The second kappa shape index (κ2) is 7.59. The Morgan fingerprint density at radius 1 is 1.07 bits per heavy atom. The van der Waals surface area contributed by atoms with Gasteiger partial charge in [-0.15, -0.1) is 0 Å². The van der Waals surface area contributed by atoms with Crippen molar-refractivity contribution in [3.05, 3.63) is 59.2 Å². The summed E-state index contributed by atoms with van der Waals surface area (Å²) in [6.45, 7) is 7.88. The van der Waals surface area contributed by atoms with Crippen LogP contribution in [-0.2, 0) is 20.2 Å². The van der Waals surface area contributed by atoms with Crippen LogP contribution in [0.3, 0.4) is 0 Å². The van der Waals surface area contributed by atoms with Crippen LogP contribution < -0.4 is 10.0 Å². The summed E-state index contributed by atoms with van der Waals surface area (Å²) in [5, 5.41) is 3.06. The predicted octanol–water partition coefficient (Wildman–Crippen LogP) is 4.05. The van der Waals surface area contributed by atoms with Crippen molar-refractivity contribution >= 4 is 21.6 Å². The van der Waals surface area contributed by atoms with Gasteiger partial charge in [-0.1, -0.05) is 25.1 Å². The third-order valence-electron chi connectivity index (χ3n) is 5.65. The maximum Gasteiger partial charge on any atom is 0.261 e. The molecule has 0 bridgehead atoms. The first-order valence-corrected chi connectivity index (χ1v) is 11.2. The Morgan fingerprint density at radius 3 is 2.25 bits per heavy atom. The van der Waals surface area contributed by atoms with Gasteiger partial charge < -0.3 is 5.32 Å². The van der Waals surface area contributed by atoms with Gasteiger partial charge >= 0.3 is 0 Å². The van der Waals surface area contributed by atoms with Crippen molar-refractivity contribution in [1.29, 1.82) is 0 Å². The predicted molar refractivity (Wildman–Crippen MR) is 112 cm³/mol. The van der Waals surface area contributed by atoms with Crippen LogP contribution in [0.15, 0.2) is 47.4 Å². The first-order valence-electron chi connectivity index (χ1n) is 9.69. The number of carbonyl (C=O) groups is 1. The molecule has 28 heavy (non-hydrogen) atoms. The molecule has 1 saturated carbocycles. The molecule has 0 heterocycles. The molecule has 0 unspecified atom stereocenters. The summed E-state index contributed by atoms with van der Waals surface area (Å²) in [6.07, 6.45) is 2.53. The highest BCUT2D eigenvalue weighted by molar-refractivity contribution is 7.92. The molecule has 6 heteroatoms. The molecule has 1 amide bonds. The van der Waals surface area contributed by atoms with E-state index in [9.17, 15) is 13.2 Å². The van der Waals surface area contributed by atoms with Crippen molar-refractivity contribution in [3.8, 4) is 0 Å². The third-order valence-corrected chi connectivity index (χ3v) is 7.03. The van der Waals surface area contributed by atoms with E-state index in [1.54, 1.807) is 30.3 Å².